The third kappa shape index (κ3) is 8.21. The number of carbonyl (C=O) groups is 2. The van der Waals surface area contributed by atoms with Gasteiger partial charge < -0.3 is 18.8 Å². The number of carbonyl (C=O) groups excluding carboxylic acids is 2. The number of aryl methyl sites for hydroxylation is 2. The normalized spacial score (nSPS) is 14.5. The maximum Gasteiger partial charge on any atom is 0.335 e. The number of sulfonamides is 1. The van der Waals surface area contributed by atoms with E-state index in [1.54, 1.807) is 0 Å². The highest BCUT2D eigenvalue weighted by atomic mass is 32.2. The SMILES string of the molecule is C#CCN1C(=O)COc2cc(F)c(N=c3snc4n3CC(C)(C)C4)cc21.COc1cc(OC)nc(NC(=O)NS(=O)(=O)c2c(-c3nnn(C)n3)cnn2C)n1. The van der Waals surface area contributed by atoms with E-state index in [1.807, 2.05) is 9.29 Å². The van der Waals surface area contributed by atoms with Gasteiger partial charge in [-0.05, 0) is 16.7 Å². The number of hydrogen-bond acceptors (Lipinski definition) is 16. The number of nitrogens with one attached hydrogen (secondary N) is 2. The van der Waals surface area contributed by atoms with Crippen LogP contribution >= 0.6 is 11.5 Å². The molecule has 0 saturated heterocycles. The number of fused-ring (bicyclic) bond motifs is 2. The van der Waals surface area contributed by atoms with E-state index in [4.69, 9.17) is 20.6 Å². The van der Waals surface area contributed by atoms with E-state index >= 15 is 0 Å². The molecule has 2 aliphatic heterocycles. The van der Waals surface area contributed by atoms with Gasteiger partial charge in [-0.1, -0.05) is 19.8 Å². The van der Waals surface area contributed by atoms with Crippen LogP contribution in [-0.4, -0.2) is 96.6 Å². The van der Waals surface area contributed by atoms with Gasteiger partial charge in [-0.25, -0.2) is 18.9 Å². The van der Waals surface area contributed by atoms with Crippen LogP contribution in [-0.2, 0) is 41.9 Å². The second-order valence-corrected chi connectivity index (χ2v) is 14.9. The molecule has 5 aromatic rings. The Morgan fingerprint density at radius 3 is 2.56 bits per heavy atom. The van der Waals surface area contributed by atoms with Crippen molar-refractivity contribution in [2.45, 2.75) is 31.8 Å². The second-order valence-electron chi connectivity index (χ2n) is 12.6. The Morgan fingerprint density at radius 1 is 1.18 bits per heavy atom. The van der Waals surface area contributed by atoms with Gasteiger partial charge in [0.1, 0.15) is 17.3 Å². The lowest BCUT2D eigenvalue weighted by Crippen LogP contribution is -2.39. The molecule has 0 aliphatic carbocycles. The lowest BCUT2D eigenvalue weighted by Gasteiger charge is -2.28. The number of benzene rings is 1. The molecule has 7 rings (SSSR count). The van der Waals surface area contributed by atoms with E-state index in [1.165, 1.54) is 69.1 Å². The van der Waals surface area contributed by atoms with Gasteiger partial charge in [0, 0.05) is 37.6 Å². The van der Waals surface area contributed by atoms with Crippen molar-refractivity contribution >= 4 is 50.8 Å². The zero-order valence-corrected chi connectivity index (χ0v) is 31.8. The largest absolute Gasteiger partial charge is 0.481 e. The minimum atomic E-state index is -4.36. The summed E-state index contributed by atoms with van der Waals surface area (Å²) in [5, 5.41) is 17.1. The summed E-state index contributed by atoms with van der Waals surface area (Å²) < 4.78 is 64.7. The fourth-order valence-electron chi connectivity index (χ4n) is 5.50. The summed E-state index contributed by atoms with van der Waals surface area (Å²) in [4.78, 5) is 39.7. The predicted molar refractivity (Wildman–Crippen MR) is 191 cm³/mol. The number of anilines is 2. The molecule has 2 aliphatic rings. The Kier molecular flexibility index (Phi) is 10.5. The van der Waals surface area contributed by atoms with Crippen LogP contribution in [0.5, 0.6) is 17.5 Å². The van der Waals surface area contributed by atoms with Gasteiger partial charge >= 0.3 is 6.03 Å². The van der Waals surface area contributed by atoms with Crippen LogP contribution < -0.4 is 34.0 Å². The van der Waals surface area contributed by atoms with Gasteiger partial charge in [-0.3, -0.25) is 19.7 Å². The number of terminal acetylenes is 1. The van der Waals surface area contributed by atoms with Crippen LogP contribution in [0.1, 0.15) is 19.7 Å². The average molecular weight is 797 g/mol. The van der Waals surface area contributed by atoms with Crippen LogP contribution in [0.15, 0.2) is 34.4 Å². The Balaban J connectivity index is 0.000000188. The molecular formula is C31H33FN14O7S2. The van der Waals surface area contributed by atoms with Gasteiger partial charge in [-0.2, -0.15) is 32.7 Å². The summed E-state index contributed by atoms with van der Waals surface area (Å²) in [5.41, 5.74) is 0.748. The Morgan fingerprint density at radius 2 is 1.91 bits per heavy atom. The number of aromatic nitrogens is 10. The summed E-state index contributed by atoms with van der Waals surface area (Å²) in [6.45, 7) is 5.05. The molecule has 0 bridgehead atoms. The molecule has 0 saturated carbocycles. The molecule has 0 spiro atoms. The molecule has 1 aromatic carbocycles. The zero-order chi connectivity index (χ0) is 39.7. The van der Waals surface area contributed by atoms with E-state index in [2.05, 4.69) is 64.9 Å². The van der Waals surface area contributed by atoms with Gasteiger partial charge in [0.2, 0.25) is 28.3 Å². The Bertz CT molecular complexity index is 2500. The number of halogens is 1. The first-order chi connectivity index (χ1) is 26.1. The molecule has 21 nitrogen and oxygen atoms in total. The number of rotatable bonds is 8. The van der Waals surface area contributed by atoms with Crippen molar-refractivity contribution in [3.8, 4) is 41.2 Å². The first kappa shape index (κ1) is 38.3. The molecule has 24 heteroatoms. The van der Waals surface area contributed by atoms with Gasteiger partial charge in [0.15, 0.2) is 17.5 Å². The van der Waals surface area contributed by atoms with Gasteiger partial charge in [0.05, 0.1) is 51.3 Å². The highest BCUT2D eigenvalue weighted by Crippen LogP contribution is 2.37. The first-order valence-corrected chi connectivity index (χ1v) is 18.2. The minimum absolute atomic E-state index is 0.0299. The Labute approximate surface area is 316 Å². The van der Waals surface area contributed by atoms with Crippen molar-refractivity contribution in [1.82, 2.24) is 53.6 Å². The lowest BCUT2D eigenvalue weighted by atomic mass is 9.92. The van der Waals surface area contributed by atoms with Crippen molar-refractivity contribution in [3.05, 3.63) is 40.8 Å². The van der Waals surface area contributed by atoms with Crippen LogP contribution in [0.2, 0.25) is 0 Å². The summed E-state index contributed by atoms with van der Waals surface area (Å²) in [6, 6.07) is 3.03. The summed E-state index contributed by atoms with van der Waals surface area (Å²) in [7, 11) is 1.27. The molecule has 0 atom stereocenters. The standard InChI is InChI=1S/C18H17FN4O2S.C13H16N10O5S/c1-4-5-22-13-7-12(11(19)6-14(13)25-9-16(22)24)20-17-23-10-18(2,3)8-15(23)21-26-17;1-22-11(7(6-14-22)10-18-21-23(2)19-10)29(25,26)20-13(24)17-12-15-8(27-3)5-9(16-12)28-4/h1,6-7H,5,8-10H2,2-3H3;5-6H,1-4H3,(H2,15,16,17,20,24). The zero-order valence-electron chi connectivity index (χ0n) is 30.1. The fourth-order valence-corrected chi connectivity index (χ4v) is 7.48. The highest BCUT2D eigenvalue weighted by Gasteiger charge is 2.32. The predicted octanol–water partition coefficient (Wildman–Crippen LogP) is 1.19. The molecule has 4 aromatic heterocycles. The van der Waals surface area contributed by atoms with E-state index in [9.17, 15) is 22.4 Å². The molecule has 0 radical (unpaired) electrons. The summed E-state index contributed by atoms with van der Waals surface area (Å²) in [6.07, 6.45) is 7.47. The number of amides is 3. The van der Waals surface area contributed by atoms with E-state index < -0.39 is 21.9 Å². The quantitative estimate of drug-likeness (QED) is 0.210. The van der Waals surface area contributed by atoms with Crippen molar-refractivity contribution < 1.29 is 36.6 Å². The fraction of sp³-hybridized carbons (Fsp3) is 0.355. The lowest BCUT2D eigenvalue weighted by molar-refractivity contribution is -0.121. The van der Waals surface area contributed by atoms with Crippen LogP contribution in [0.25, 0.3) is 11.4 Å². The summed E-state index contributed by atoms with van der Waals surface area (Å²) in [5.74, 6) is 2.94. The van der Waals surface area contributed by atoms with Crippen molar-refractivity contribution in [3.63, 3.8) is 0 Å². The van der Waals surface area contributed by atoms with E-state index in [0.29, 0.717) is 16.2 Å². The number of hydrogen-bond donors (Lipinski definition) is 2. The highest BCUT2D eigenvalue weighted by molar-refractivity contribution is 7.90. The number of urea groups is 1. The topological polar surface area (TPSA) is 241 Å². The Hall–Kier alpha value is -6.48. The average Bonchev–Trinajstić information content (AvgIpc) is 3.90. The van der Waals surface area contributed by atoms with Crippen LogP contribution in [0, 0.1) is 23.6 Å². The first-order valence-electron chi connectivity index (χ1n) is 16.0. The van der Waals surface area contributed by atoms with Gasteiger partial charge in [-0.15, -0.1) is 16.6 Å². The number of tetrazole rings is 1. The smallest absolute Gasteiger partial charge is 0.335 e. The molecule has 0 fully saturated rings. The molecule has 0 unspecified atom stereocenters. The maximum absolute atomic E-state index is 14.5. The van der Waals surface area contributed by atoms with E-state index in [0.717, 1.165) is 28.3 Å². The third-order valence-corrected chi connectivity index (χ3v) is 10.1. The van der Waals surface area contributed by atoms with Crippen molar-refractivity contribution in [1.29, 1.82) is 0 Å². The van der Waals surface area contributed by atoms with Crippen LogP contribution in [0.4, 0.5) is 26.5 Å². The maximum atomic E-state index is 14.5. The van der Waals surface area contributed by atoms with Crippen molar-refractivity contribution in [2.75, 3.05) is 37.6 Å². The van der Waals surface area contributed by atoms with Crippen molar-refractivity contribution in [2.24, 2.45) is 24.5 Å². The minimum Gasteiger partial charge on any atom is -0.481 e. The molecule has 6 heterocycles. The summed E-state index contributed by atoms with van der Waals surface area (Å²) >= 11 is 1.24. The number of nitrogens with zero attached hydrogens (tertiary/aromatic N) is 12. The van der Waals surface area contributed by atoms with Crippen LogP contribution in [0.3, 0.4) is 0 Å². The number of ether oxygens (including phenoxy) is 3. The molecule has 3 amide bonds. The van der Waals surface area contributed by atoms with Gasteiger partial charge in [0.25, 0.3) is 15.9 Å². The monoisotopic (exact) mass is 796 g/mol. The molecule has 2 N–H and O–H groups in total. The molecule has 55 heavy (non-hydrogen) atoms. The molecular weight excluding hydrogens is 764 g/mol. The second kappa shape index (κ2) is 15.1. The third-order valence-electron chi connectivity index (χ3n) is 7.87. The number of methoxy groups -OCH3 is 2. The van der Waals surface area contributed by atoms with E-state index in [-0.39, 0.29) is 64.3 Å². The molecule has 288 valence electrons.